The first-order valence-electron chi connectivity index (χ1n) is 3.27. The summed E-state index contributed by atoms with van der Waals surface area (Å²) in [4.78, 5) is 0. The Morgan fingerprint density at radius 1 is 1.30 bits per heavy atom. The molecule has 0 unspecified atom stereocenters. The summed E-state index contributed by atoms with van der Waals surface area (Å²) in [6.07, 6.45) is 0. The zero-order valence-electron chi connectivity index (χ0n) is 6.29. The third-order valence-electron chi connectivity index (χ3n) is 1.49. The van der Waals surface area contributed by atoms with Crippen LogP contribution in [0.3, 0.4) is 0 Å². The highest BCUT2D eigenvalue weighted by atomic mass is 28.3. The Morgan fingerprint density at radius 2 is 1.90 bits per heavy atom. The Labute approximate surface area is 66.3 Å². The number of rotatable bonds is 2. The zero-order valence-corrected chi connectivity index (χ0v) is 9.29. The van der Waals surface area contributed by atoms with Crippen molar-refractivity contribution >= 4 is 24.7 Å². The molecular weight excluding hydrogens is 156 g/mol. The van der Waals surface area contributed by atoms with Gasteiger partial charge in [-0.3, -0.25) is 0 Å². The van der Waals surface area contributed by atoms with Crippen LogP contribution >= 0.6 is 0 Å². The van der Waals surface area contributed by atoms with E-state index >= 15 is 0 Å². The molecule has 1 aromatic rings. The van der Waals surface area contributed by atoms with Crippen molar-refractivity contribution in [1.29, 1.82) is 0 Å². The van der Waals surface area contributed by atoms with Crippen LogP contribution in [0, 0.1) is 0 Å². The van der Waals surface area contributed by atoms with E-state index in [2.05, 4.69) is 30.8 Å². The second kappa shape index (κ2) is 3.70. The van der Waals surface area contributed by atoms with Crippen LogP contribution in [-0.4, -0.2) is 19.5 Å². The first-order valence-corrected chi connectivity index (χ1v) is 6.00. The lowest BCUT2D eigenvalue weighted by molar-refractivity contribution is 0.654. The number of hydrogen-bond acceptors (Lipinski definition) is 1. The highest BCUT2D eigenvalue weighted by molar-refractivity contribution is 6.68. The van der Waals surface area contributed by atoms with Crippen LogP contribution in [0.5, 0.6) is 0 Å². The molecule has 0 amide bonds. The molecule has 0 aliphatic heterocycles. The van der Waals surface area contributed by atoms with Gasteiger partial charge in [0, 0.05) is 0 Å². The molecule has 0 aliphatic carbocycles. The molecule has 0 bridgehead atoms. The molecule has 0 spiro atoms. The molecule has 1 radical (unpaired) electrons. The second-order valence-corrected chi connectivity index (χ2v) is 5.45. The van der Waals surface area contributed by atoms with Crippen molar-refractivity contribution in [2.24, 2.45) is 0 Å². The molecule has 0 aliphatic rings. The molecule has 0 atom stereocenters. The molecule has 1 aromatic carbocycles. The van der Waals surface area contributed by atoms with Crippen molar-refractivity contribution in [3.05, 3.63) is 30.3 Å². The van der Waals surface area contributed by atoms with E-state index in [4.69, 9.17) is 4.12 Å². The summed E-state index contributed by atoms with van der Waals surface area (Å²) in [5.74, 6) is 0. The van der Waals surface area contributed by atoms with Crippen LogP contribution in [0.15, 0.2) is 30.3 Å². The van der Waals surface area contributed by atoms with E-state index in [0.29, 0.717) is 0 Å². The Balaban J connectivity index is 2.75. The van der Waals surface area contributed by atoms with Crippen LogP contribution in [0.1, 0.15) is 0 Å². The standard InChI is InChI=1S/C7H11OSi2/c1-10(8-9)7-5-3-2-4-6-7/h2-6H,1,9H3. The van der Waals surface area contributed by atoms with Crippen LogP contribution in [-0.2, 0) is 4.12 Å². The summed E-state index contributed by atoms with van der Waals surface area (Å²) in [5, 5.41) is 1.36. The van der Waals surface area contributed by atoms with Gasteiger partial charge >= 0.3 is 0 Å². The van der Waals surface area contributed by atoms with E-state index < -0.39 is 9.04 Å². The highest BCUT2D eigenvalue weighted by Gasteiger charge is 2.03. The summed E-state index contributed by atoms with van der Waals surface area (Å²) in [6, 6.07) is 10.4. The molecule has 53 valence electrons. The smallest absolute Gasteiger partial charge is 0.230 e. The van der Waals surface area contributed by atoms with Crippen molar-refractivity contribution in [1.82, 2.24) is 0 Å². The second-order valence-electron chi connectivity index (χ2n) is 2.13. The minimum absolute atomic E-state index is 0.645. The molecule has 0 saturated heterocycles. The van der Waals surface area contributed by atoms with E-state index in [1.807, 2.05) is 6.07 Å². The van der Waals surface area contributed by atoms with Crippen molar-refractivity contribution in [2.75, 3.05) is 0 Å². The van der Waals surface area contributed by atoms with Gasteiger partial charge in [0.15, 0.2) is 0 Å². The summed E-state index contributed by atoms with van der Waals surface area (Å²) in [7, 11) is 0.208. The van der Waals surface area contributed by atoms with Crippen LogP contribution in [0.2, 0.25) is 6.55 Å². The lowest BCUT2D eigenvalue weighted by Gasteiger charge is -2.05. The van der Waals surface area contributed by atoms with Gasteiger partial charge in [0.05, 0.1) is 0 Å². The third kappa shape index (κ3) is 1.80. The minimum Gasteiger partial charge on any atom is -0.461 e. The first kappa shape index (κ1) is 7.72. The maximum atomic E-state index is 5.38. The summed E-state index contributed by atoms with van der Waals surface area (Å²) in [6.45, 7) is 2.17. The molecule has 1 nitrogen and oxygen atoms in total. The lowest BCUT2D eigenvalue weighted by Crippen LogP contribution is -2.28. The Hall–Kier alpha value is -0.386. The molecule has 0 aromatic heterocycles. The topological polar surface area (TPSA) is 9.23 Å². The van der Waals surface area contributed by atoms with E-state index in [1.165, 1.54) is 5.19 Å². The van der Waals surface area contributed by atoms with E-state index in [9.17, 15) is 0 Å². The molecule has 0 heterocycles. The first-order chi connectivity index (χ1) is 4.84. The van der Waals surface area contributed by atoms with Gasteiger partial charge in [0.25, 0.3) is 0 Å². The fourth-order valence-electron chi connectivity index (χ4n) is 0.791. The van der Waals surface area contributed by atoms with Crippen molar-refractivity contribution in [2.45, 2.75) is 6.55 Å². The summed E-state index contributed by atoms with van der Waals surface area (Å²) < 4.78 is 5.38. The zero-order chi connectivity index (χ0) is 7.40. The quantitative estimate of drug-likeness (QED) is 0.555. The van der Waals surface area contributed by atoms with E-state index in [-0.39, 0.29) is 0 Å². The maximum absolute atomic E-state index is 5.38. The van der Waals surface area contributed by atoms with Gasteiger partial charge in [0.2, 0.25) is 9.04 Å². The molecule has 3 heteroatoms. The SMILES string of the molecule is C[Si](O[SiH3])c1ccccc1. The van der Waals surface area contributed by atoms with Crippen molar-refractivity contribution in [3.8, 4) is 0 Å². The van der Waals surface area contributed by atoms with Crippen LogP contribution < -0.4 is 5.19 Å². The van der Waals surface area contributed by atoms with E-state index in [1.54, 1.807) is 0 Å². The normalized spacial score (nSPS) is 10.6. The molecule has 10 heavy (non-hydrogen) atoms. The molecular formula is C7H11OSi2. The molecule has 0 saturated carbocycles. The third-order valence-corrected chi connectivity index (χ3v) is 5.08. The van der Waals surface area contributed by atoms with Gasteiger partial charge < -0.3 is 4.12 Å². The fourth-order valence-corrected chi connectivity index (χ4v) is 2.40. The minimum atomic E-state index is -0.645. The number of hydrogen-bond donors (Lipinski definition) is 0. The maximum Gasteiger partial charge on any atom is 0.230 e. The van der Waals surface area contributed by atoms with Crippen molar-refractivity contribution in [3.63, 3.8) is 0 Å². The van der Waals surface area contributed by atoms with Crippen LogP contribution in [0.4, 0.5) is 0 Å². The Kier molecular flexibility index (Phi) is 2.86. The van der Waals surface area contributed by atoms with Gasteiger partial charge in [-0.2, -0.15) is 0 Å². The average molecular weight is 167 g/mol. The van der Waals surface area contributed by atoms with Crippen LogP contribution in [0.25, 0.3) is 0 Å². The fraction of sp³-hybridized carbons (Fsp3) is 0.143. The molecule has 1 rings (SSSR count). The largest absolute Gasteiger partial charge is 0.461 e. The molecule has 0 fully saturated rings. The van der Waals surface area contributed by atoms with E-state index in [0.717, 1.165) is 10.5 Å². The predicted octanol–water partition coefficient (Wildman–Crippen LogP) is -0.188. The monoisotopic (exact) mass is 167 g/mol. The lowest BCUT2D eigenvalue weighted by atomic mass is 10.4. The average Bonchev–Trinajstić information content (AvgIpc) is 2.05. The molecule has 0 N–H and O–H groups in total. The van der Waals surface area contributed by atoms with Gasteiger partial charge in [0.1, 0.15) is 10.5 Å². The van der Waals surface area contributed by atoms with Gasteiger partial charge in [-0.15, -0.1) is 0 Å². The van der Waals surface area contributed by atoms with Gasteiger partial charge in [-0.1, -0.05) is 30.3 Å². The summed E-state index contributed by atoms with van der Waals surface area (Å²) in [5.41, 5.74) is 0. The Morgan fingerprint density at radius 3 is 2.40 bits per heavy atom. The van der Waals surface area contributed by atoms with Gasteiger partial charge in [-0.05, 0) is 11.7 Å². The van der Waals surface area contributed by atoms with Crippen molar-refractivity contribution < 1.29 is 4.12 Å². The number of benzene rings is 1. The predicted molar refractivity (Wildman–Crippen MR) is 48.7 cm³/mol. The summed E-state index contributed by atoms with van der Waals surface area (Å²) >= 11 is 0. The highest BCUT2D eigenvalue weighted by Crippen LogP contribution is 1.87. The van der Waals surface area contributed by atoms with Gasteiger partial charge in [-0.25, -0.2) is 0 Å². The Bertz CT molecular complexity index is 188.